The van der Waals surface area contributed by atoms with Crippen molar-refractivity contribution in [2.24, 2.45) is 7.05 Å². The molecule has 1 amide bonds. The maximum Gasteiger partial charge on any atom is 0.336 e. The molecule has 0 saturated heterocycles. The molecule has 6 nitrogen and oxygen atoms in total. The van der Waals surface area contributed by atoms with E-state index in [9.17, 15) is 9.59 Å². The Morgan fingerprint density at radius 2 is 1.86 bits per heavy atom. The first-order chi connectivity index (χ1) is 13.4. The first-order valence-electron chi connectivity index (χ1n) is 8.78. The topological polar surface area (TPSA) is 73.2 Å². The summed E-state index contributed by atoms with van der Waals surface area (Å²) in [6.45, 7) is 4.02. The van der Waals surface area contributed by atoms with E-state index in [0.29, 0.717) is 17.0 Å². The van der Waals surface area contributed by atoms with Gasteiger partial charge in [0, 0.05) is 25.0 Å². The summed E-state index contributed by atoms with van der Waals surface area (Å²) in [7, 11) is 1.74. The molecule has 0 unspecified atom stereocenters. The average molecular weight is 375 g/mol. The highest BCUT2D eigenvalue weighted by atomic mass is 16.5. The molecule has 0 bridgehead atoms. The van der Waals surface area contributed by atoms with Gasteiger partial charge in [-0.25, -0.2) is 4.79 Å². The number of aryl methyl sites for hydroxylation is 3. The van der Waals surface area contributed by atoms with E-state index in [1.165, 1.54) is 17.8 Å². The number of rotatable bonds is 5. The molecule has 0 aliphatic heterocycles. The van der Waals surface area contributed by atoms with Crippen molar-refractivity contribution < 1.29 is 14.3 Å². The van der Waals surface area contributed by atoms with E-state index >= 15 is 0 Å². The molecule has 2 aromatic carbocycles. The molecule has 0 aliphatic carbocycles. The molecule has 1 heterocycles. The number of esters is 1. The molecule has 0 spiro atoms. The summed E-state index contributed by atoms with van der Waals surface area (Å²) in [5, 5.41) is 6.73. The summed E-state index contributed by atoms with van der Waals surface area (Å²) in [5.74, 6) is -0.323. The third-order valence-corrected chi connectivity index (χ3v) is 4.12. The second-order valence-electron chi connectivity index (χ2n) is 6.50. The number of ether oxygens (including phenoxy) is 1. The van der Waals surface area contributed by atoms with Crippen LogP contribution in [0.3, 0.4) is 0 Å². The molecular weight excluding hydrogens is 354 g/mol. The summed E-state index contributed by atoms with van der Waals surface area (Å²) in [5.41, 5.74) is 4.30. The number of nitrogens with zero attached hydrogens (tertiary/aromatic N) is 2. The van der Waals surface area contributed by atoms with Crippen LogP contribution in [0.5, 0.6) is 5.75 Å². The van der Waals surface area contributed by atoms with E-state index in [4.69, 9.17) is 4.74 Å². The van der Waals surface area contributed by atoms with Crippen LogP contribution in [0.4, 0.5) is 5.69 Å². The molecule has 0 saturated carbocycles. The third kappa shape index (κ3) is 4.94. The van der Waals surface area contributed by atoms with Crippen LogP contribution in [0.1, 0.15) is 27.0 Å². The van der Waals surface area contributed by atoms with E-state index in [1.54, 1.807) is 48.3 Å². The van der Waals surface area contributed by atoms with Gasteiger partial charge >= 0.3 is 5.97 Å². The molecule has 0 atom stereocenters. The lowest BCUT2D eigenvalue weighted by Gasteiger charge is -2.06. The van der Waals surface area contributed by atoms with Crippen LogP contribution in [0, 0.1) is 13.8 Å². The number of aromatic nitrogens is 2. The predicted molar refractivity (Wildman–Crippen MR) is 108 cm³/mol. The molecule has 0 radical (unpaired) electrons. The van der Waals surface area contributed by atoms with Gasteiger partial charge in [-0.3, -0.25) is 9.48 Å². The van der Waals surface area contributed by atoms with E-state index in [2.05, 4.69) is 16.5 Å². The van der Waals surface area contributed by atoms with Crippen LogP contribution in [-0.4, -0.2) is 21.7 Å². The number of carbonyl (C=O) groups is 2. The summed E-state index contributed by atoms with van der Waals surface area (Å²) in [4.78, 5) is 24.1. The normalized spacial score (nSPS) is 10.8. The summed E-state index contributed by atoms with van der Waals surface area (Å²) in [6, 6.07) is 12.6. The number of carbonyl (C=O) groups excluding carboxylic acids is 2. The number of hydrogen-bond donors (Lipinski definition) is 1. The molecule has 3 aromatic rings. The minimum Gasteiger partial charge on any atom is -0.423 e. The van der Waals surface area contributed by atoms with Gasteiger partial charge in [-0.15, -0.1) is 0 Å². The highest BCUT2D eigenvalue weighted by Crippen LogP contribution is 2.17. The minimum atomic E-state index is -0.466. The number of hydrogen-bond acceptors (Lipinski definition) is 4. The van der Waals surface area contributed by atoms with E-state index in [1.807, 2.05) is 26.0 Å². The summed E-state index contributed by atoms with van der Waals surface area (Å²) >= 11 is 0. The van der Waals surface area contributed by atoms with Crippen LogP contribution in [0.2, 0.25) is 0 Å². The lowest BCUT2D eigenvalue weighted by molar-refractivity contribution is -0.128. The zero-order valence-electron chi connectivity index (χ0n) is 16.0. The highest BCUT2D eigenvalue weighted by Gasteiger charge is 2.08. The van der Waals surface area contributed by atoms with Crippen molar-refractivity contribution in [2.45, 2.75) is 13.8 Å². The molecule has 142 valence electrons. The molecule has 3 rings (SSSR count). The number of benzene rings is 2. The van der Waals surface area contributed by atoms with Crippen molar-refractivity contribution in [2.75, 3.05) is 5.32 Å². The Hall–Kier alpha value is -3.67. The van der Waals surface area contributed by atoms with E-state index in [0.717, 1.165) is 11.1 Å². The van der Waals surface area contributed by atoms with Crippen LogP contribution in [0.15, 0.2) is 60.9 Å². The Morgan fingerprint density at radius 3 is 2.50 bits per heavy atom. The van der Waals surface area contributed by atoms with Gasteiger partial charge in [0.2, 0.25) is 0 Å². The zero-order chi connectivity index (χ0) is 20.1. The average Bonchev–Trinajstić information content (AvgIpc) is 3.09. The van der Waals surface area contributed by atoms with Gasteiger partial charge in [0.1, 0.15) is 5.75 Å². The fourth-order valence-electron chi connectivity index (χ4n) is 2.67. The van der Waals surface area contributed by atoms with Gasteiger partial charge in [-0.05, 0) is 55.3 Å². The van der Waals surface area contributed by atoms with Crippen molar-refractivity contribution in [3.8, 4) is 5.75 Å². The van der Waals surface area contributed by atoms with Crippen molar-refractivity contribution in [3.63, 3.8) is 0 Å². The van der Waals surface area contributed by atoms with Crippen LogP contribution >= 0.6 is 0 Å². The number of amides is 1. The molecule has 1 N–H and O–H groups in total. The van der Waals surface area contributed by atoms with E-state index in [-0.39, 0.29) is 5.91 Å². The summed E-state index contributed by atoms with van der Waals surface area (Å²) < 4.78 is 6.85. The second-order valence-corrected chi connectivity index (χ2v) is 6.50. The number of anilines is 1. The van der Waals surface area contributed by atoms with Gasteiger partial charge in [-0.2, -0.15) is 5.10 Å². The van der Waals surface area contributed by atoms with Crippen LogP contribution in [0.25, 0.3) is 6.08 Å². The first-order valence-corrected chi connectivity index (χ1v) is 8.78. The van der Waals surface area contributed by atoms with Crippen molar-refractivity contribution >= 4 is 23.6 Å². The molecule has 0 fully saturated rings. The molecule has 28 heavy (non-hydrogen) atoms. The summed E-state index contributed by atoms with van der Waals surface area (Å²) in [6.07, 6.45) is 6.26. The Bertz CT molecular complexity index is 1030. The molecule has 1 aromatic heterocycles. The van der Waals surface area contributed by atoms with Gasteiger partial charge in [0.15, 0.2) is 0 Å². The minimum absolute atomic E-state index is 0.255. The fourth-order valence-corrected chi connectivity index (χ4v) is 2.67. The Morgan fingerprint density at radius 1 is 1.11 bits per heavy atom. The SMILES string of the molecule is Cc1ccc(/C=C/C(=O)Oc2ccc(NC(=O)c3cnn(C)c3)cc2)c(C)c1. The largest absolute Gasteiger partial charge is 0.423 e. The quantitative estimate of drug-likeness (QED) is 0.417. The molecule has 0 aliphatic rings. The van der Waals surface area contributed by atoms with Gasteiger partial charge < -0.3 is 10.1 Å². The third-order valence-electron chi connectivity index (χ3n) is 4.12. The van der Waals surface area contributed by atoms with Gasteiger partial charge in [0.05, 0.1) is 11.8 Å². The highest BCUT2D eigenvalue weighted by molar-refractivity contribution is 6.03. The molecular formula is C22H21N3O3. The predicted octanol–water partition coefficient (Wildman–Crippen LogP) is 3.91. The standard InChI is InChI=1S/C22H21N3O3/c1-15-4-5-17(16(2)12-15)6-11-21(26)28-20-9-7-19(8-10-20)24-22(27)18-13-23-25(3)14-18/h4-14H,1-3H3,(H,24,27)/b11-6+. The molecule has 6 heteroatoms. The zero-order valence-corrected chi connectivity index (χ0v) is 16.0. The Balaban J connectivity index is 1.58. The van der Waals surface area contributed by atoms with Crippen molar-refractivity contribution in [3.05, 3.63) is 83.2 Å². The van der Waals surface area contributed by atoms with Crippen molar-refractivity contribution in [1.82, 2.24) is 9.78 Å². The maximum absolute atomic E-state index is 12.1. The monoisotopic (exact) mass is 375 g/mol. The van der Waals surface area contributed by atoms with Crippen molar-refractivity contribution in [1.29, 1.82) is 0 Å². The lowest BCUT2D eigenvalue weighted by atomic mass is 10.1. The van der Waals surface area contributed by atoms with Gasteiger partial charge in [-0.1, -0.05) is 23.8 Å². The van der Waals surface area contributed by atoms with E-state index < -0.39 is 5.97 Å². The van der Waals surface area contributed by atoms with Crippen LogP contribution in [-0.2, 0) is 11.8 Å². The Kier molecular flexibility index (Phi) is 5.69. The first kappa shape index (κ1) is 19.1. The maximum atomic E-state index is 12.1. The number of nitrogens with one attached hydrogen (secondary N) is 1. The fraction of sp³-hybridized carbons (Fsp3) is 0.136. The second kappa shape index (κ2) is 8.35. The van der Waals surface area contributed by atoms with Crippen LogP contribution < -0.4 is 10.1 Å². The Labute approximate surface area is 163 Å². The lowest BCUT2D eigenvalue weighted by Crippen LogP contribution is -2.11. The van der Waals surface area contributed by atoms with Gasteiger partial charge in [0.25, 0.3) is 5.91 Å². The smallest absolute Gasteiger partial charge is 0.336 e.